The first-order chi connectivity index (χ1) is 13.4. The van der Waals surface area contributed by atoms with Crippen molar-refractivity contribution < 1.29 is 31.7 Å². The van der Waals surface area contributed by atoms with Crippen LogP contribution in [-0.2, 0) is 19.0 Å². The number of imide groups is 1. The quantitative estimate of drug-likeness (QED) is 0.534. The number of rotatable bonds is 4. The molecule has 1 aromatic rings. The number of benzene rings is 1. The number of nitrogens with zero attached hydrogens (tertiary/aromatic N) is 2. The van der Waals surface area contributed by atoms with E-state index >= 15 is 0 Å². The largest absolute Gasteiger partial charge is 0.444 e. The van der Waals surface area contributed by atoms with E-state index in [2.05, 4.69) is 0 Å². The van der Waals surface area contributed by atoms with Crippen LogP contribution in [0.15, 0.2) is 24.3 Å². The van der Waals surface area contributed by atoms with Crippen LogP contribution in [0.2, 0.25) is 0 Å². The normalized spacial score (nSPS) is 22.2. The van der Waals surface area contributed by atoms with Crippen molar-refractivity contribution in [2.24, 2.45) is 0 Å². The van der Waals surface area contributed by atoms with Crippen molar-refractivity contribution in [3.8, 4) is 0 Å². The summed E-state index contributed by atoms with van der Waals surface area (Å²) < 4.78 is 33.5. The van der Waals surface area contributed by atoms with Crippen LogP contribution in [0.3, 0.4) is 0 Å². The highest BCUT2D eigenvalue weighted by Gasteiger charge is 2.44. The summed E-state index contributed by atoms with van der Waals surface area (Å²) in [6, 6.07) is 5.87. The third-order valence-corrected chi connectivity index (χ3v) is 5.21. The highest BCUT2D eigenvalue weighted by molar-refractivity contribution is 7.86. The zero-order chi connectivity index (χ0) is 21.6. The van der Waals surface area contributed by atoms with Crippen molar-refractivity contribution >= 4 is 28.0 Å². The lowest BCUT2D eigenvalue weighted by Gasteiger charge is -2.30. The SMILES string of the molecule is CC(C)(C)OC(=O)N1C[C@@H](OS(C)(=O)=O)C[C@@H]1CN1C(=O)c2ccccc2C1=O. The van der Waals surface area contributed by atoms with Gasteiger partial charge in [-0.1, -0.05) is 12.1 Å². The second-order valence-corrected chi connectivity index (χ2v) is 9.81. The Morgan fingerprint density at radius 1 is 1.14 bits per heavy atom. The van der Waals surface area contributed by atoms with E-state index in [1.807, 2.05) is 0 Å². The Morgan fingerprint density at radius 2 is 1.69 bits per heavy atom. The lowest BCUT2D eigenvalue weighted by atomic mass is 10.1. The zero-order valence-electron chi connectivity index (χ0n) is 16.7. The molecule has 3 amide bonds. The first-order valence-corrected chi connectivity index (χ1v) is 11.0. The molecule has 2 atom stereocenters. The van der Waals surface area contributed by atoms with Gasteiger partial charge in [0.2, 0.25) is 0 Å². The summed E-state index contributed by atoms with van der Waals surface area (Å²) in [4.78, 5) is 40.4. The fourth-order valence-corrected chi connectivity index (χ4v) is 4.16. The van der Waals surface area contributed by atoms with Crippen LogP contribution in [-0.4, -0.2) is 73.2 Å². The van der Waals surface area contributed by atoms with Crippen LogP contribution >= 0.6 is 0 Å². The van der Waals surface area contributed by atoms with E-state index in [4.69, 9.17) is 8.92 Å². The van der Waals surface area contributed by atoms with E-state index in [0.29, 0.717) is 11.1 Å². The Morgan fingerprint density at radius 3 is 2.17 bits per heavy atom. The zero-order valence-corrected chi connectivity index (χ0v) is 17.6. The third kappa shape index (κ3) is 4.76. The molecule has 29 heavy (non-hydrogen) atoms. The van der Waals surface area contributed by atoms with Crippen LogP contribution < -0.4 is 0 Å². The number of carbonyl (C=O) groups is 3. The van der Waals surface area contributed by atoms with Gasteiger partial charge in [0.05, 0.1) is 42.6 Å². The van der Waals surface area contributed by atoms with Crippen molar-refractivity contribution in [3.05, 3.63) is 35.4 Å². The monoisotopic (exact) mass is 424 g/mol. The summed E-state index contributed by atoms with van der Waals surface area (Å²) in [6.45, 7) is 5.05. The fraction of sp³-hybridized carbons (Fsp3) is 0.526. The van der Waals surface area contributed by atoms with Crippen LogP contribution in [0.1, 0.15) is 47.9 Å². The molecule has 10 heteroatoms. The molecular formula is C19H24N2O7S. The third-order valence-electron chi connectivity index (χ3n) is 4.59. The average Bonchev–Trinajstić information content (AvgIpc) is 3.07. The van der Waals surface area contributed by atoms with Gasteiger partial charge in [0, 0.05) is 0 Å². The van der Waals surface area contributed by atoms with Gasteiger partial charge in [-0.15, -0.1) is 0 Å². The Balaban J connectivity index is 1.81. The van der Waals surface area contributed by atoms with Crippen LogP contribution in [0.4, 0.5) is 4.79 Å². The molecule has 0 aliphatic carbocycles. The molecule has 0 aromatic heterocycles. The van der Waals surface area contributed by atoms with Crippen LogP contribution in [0.5, 0.6) is 0 Å². The van der Waals surface area contributed by atoms with Crippen molar-refractivity contribution in [1.29, 1.82) is 0 Å². The van der Waals surface area contributed by atoms with Gasteiger partial charge < -0.3 is 9.64 Å². The van der Waals surface area contributed by atoms with Crippen LogP contribution in [0.25, 0.3) is 0 Å². The minimum atomic E-state index is -3.73. The van der Waals surface area contributed by atoms with Gasteiger partial charge in [-0.2, -0.15) is 8.42 Å². The van der Waals surface area contributed by atoms with E-state index in [9.17, 15) is 22.8 Å². The maximum absolute atomic E-state index is 12.7. The average molecular weight is 424 g/mol. The number of hydrogen-bond donors (Lipinski definition) is 0. The van der Waals surface area contributed by atoms with Gasteiger partial charge in [-0.3, -0.25) is 18.7 Å². The number of likely N-dealkylation sites (tertiary alicyclic amines) is 1. The highest BCUT2D eigenvalue weighted by atomic mass is 32.2. The Bertz CT molecular complexity index is 917. The highest BCUT2D eigenvalue weighted by Crippen LogP contribution is 2.28. The summed E-state index contributed by atoms with van der Waals surface area (Å²) in [5.74, 6) is -0.885. The second kappa shape index (κ2) is 7.42. The Hall–Kier alpha value is -2.46. The number of hydrogen-bond acceptors (Lipinski definition) is 7. The summed E-state index contributed by atoms with van der Waals surface area (Å²) in [5, 5.41) is 0. The molecule has 2 aliphatic heterocycles. The van der Waals surface area contributed by atoms with Gasteiger partial charge in [0.25, 0.3) is 21.9 Å². The summed E-state index contributed by atoms with van der Waals surface area (Å²) in [6.07, 6.45) is -0.349. The van der Waals surface area contributed by atoms with E-state index in [-0.39, 0.29) is 19.5 Å². The van der Waals surface area contributed by atoms with Gasteiger partial charge in [-0.05, 0) is 39.3 Å². The van der Waals surface area contributed by atoms with E-state index in [1.165, 1.54) is 4.90 Å². The van der Waals surface area contributed by atoms with Crippen molar-refractivity contribution in [2.45, 2.75) is 44.9 Å². The van der Waals surface area contributed by atoms with E-state index in [0.717, 1.165) is 11.2 Å². The molecule has 0 N–H and O–H groups in total. The number of amides is 3. The van der Waals surface area contributed by atoms with E-state index in [1.54, 1.807) is 45.0 Å². The molecule has 0 spiro atoms. The first-order valence-electron chi connectivity index (χ1n) is 9.19. The maximum atomic E-state index is 12.7. The number of carbonyl (C=O) groups excluding carboxylic acids is 3. The minimum Gasteiger partial charge on any atom is -0.444 e. The molecular weight excluding hydrogens is 400 g/mol. The number of fused-ring (bicyclic) bond motifs is 1. The summed E-state index contributed by atoms with van der Waals surface area (Å²) in [5.41, 5.74) is -0.140. The van der Waals surface area contributed by atoms with Crippen molar-refractivity contribution in [3.63, 3.8) is 0 Å². The molecule has 1 fully saturated rings. The summed E-state index contributed by atoms with van der Waals surface area (Å²) in [7, 11) is -3.73. The number of ether oxygens (including phenoxy) is 1. The molecule has 0 bridgehead atoms. The first kappa shape index (κ1) is 21.3. The van der Waals surface area contributed by atoms with Gasteiger partial charge in [0.15, 0.2) is 0 Å². The Kier molecular flexibility index (Phi) is 5.44. The molecule has 0 unspecified atom stereocenters. The van der Waals surface area contributed by atoms with Crippen molar-refractivity contribution in [1.82, 2.24) is 9.80 Å². The molecule has 2 heterocycles. The van der Waals surface area contributed by atoms with Gasteiger partial charge in [-0.25, -0.2) is 4.79 Å². The predicted octanol–water partition coefficient (Wildman–Crippen LogP) is 1.64. The van der Waals surface area contributed by atoms with Crippen LogP contribution in [0, 0.1) is 0 Å². The molecule has 1 saturated heterocycles. The molecule has 0 radical (unpaired) electrons. The molecule has 9 nitrogen and oxygen atoms in total. The van der Waals surface area contributed by atoms with Crippen molar-refractivity contribution in [2.75, 3.05) is 19.3 Å². The Labute approximate surface area is 169 Å². The molecule has 1 aromatic carbocycles. The van der Waals surface area contributed by atoms with Gasteiger partial charge in [0.1, 0.15) is 5.60 Å². The van der Waals surface area contributed by atoms with Gasteiger partial charge >= 0.3 is 6.09 Å². The fourth-order valence-electron chi connectivity index (χ4n) is 3.52. The smallest absolute Gasteiger partial charge is 0.410 e. The minimum absolute atomic E-state index is 0.0180. The lowest BCUT2D eigenvalue weighted by molar-refractivity contribution is 0.0181. The molecule has 2 aliphatic rings. The van der Waals surface area contributed by atoms with E-state index < -0.39 is 45.8 Å². The molecule has 158 valence electrons. The topological polar surface area (TPSA) is 110 Å². The second-order valence-electron chi connectivity index (χ2n) is 8.21. The standard InChI is InChI=1S/C19H24N2O7S/c1-19(2,3)27-18(24)20-11-13(28-29(4,25)26)9-12(20)10-21-16(22)14-7-5-6-8-15(14)17(21)23/h5-8,12-13H,9-11H2,1-4H3/t12-,13+/m1/s1. The maximum Gasteiger partial charge on any atom is 0.410 e. The molecule has 3 rings (SSSR count). The predicted molar refractivity (Wildman–Crippen MR) is 103 cm³/mol. The molecule has 0 saturated carbocycles. The lowest BCUT2D eigenvalue weighted by Crippen LogP contribution is -2.46. The summed E-state index contributed by atoms with van der Waals surface area (Å²) >= 11 is 0.